The first-order valence-corrected chi connectivity index (χ1v) is 7.10. The molecule has 0 atom stereocenters. The minimum Gasteiger partial charge on any atom is -0.354 e. The lowest BCUT2D eigenvalue weighted by Crippen LogP contribution is -2.49. The first kappa shape index (κ1) is 15.7. The fourth-order valence-electron chi connectivity index (χ4n) is 1.99. The summed E-state index contributed by atoms with van der Waals surface area (Å²) in [5, 5.41) is 2.95. The van der Waals surface area contributed by atoms with Gasteiger partial charge in [-0.3, -0.25) is 4.79 Å². The first-order chi connectivity index (χ1) is 8.99. The molecule has 1 aromatic rings. The largest absolute Gasteiger partial charge is 0.354 e. The monoisotopic (exact) mass is 262 g/mol. The Morgan fingerprint density at radius 1 is 1.32 bits per heavy atom. The third kappa shape index (κ3) is 5.43. The van der Waals surface area contributed by atoms with Crippen LogP contribution in [0.3, 0.4) is 0 Å². The van der Waals surface area contributed by atoms with Crippen molar-refractivity contribution in [3.63, 3.8) is 0 Å². The van der Waals surface area contributed by atoms with Crippen LogP contribution in [0.15, 0.2) is 24.3 Å². The number of aryl methyl sites for hydroxylation is 2. The highest BCUT2D eigenvalue weighted by molar-refractivity contribution is 5.76. The van der Waals surface area contributed by atoms with Crippen molar-refractivity contribution in [3.8, 4) is 0 Å². The Bertz CT molecular complexity index is 411. The summed E-state index contributed by atoms with van der Waals surface area (Å²) in [5.74, 6) is 0.0817. The zero-order valence-corrected chi connectivity index (χ0v) is 12.3. The maximum Gasteiger partial charge on any atom is 0.220 e. The average Bonchev–Trinajstić information content (AvgIpc) is 2.42. The normalized spacial score (nSPS) is 11.4. The molecule has 1 rings (SSSR count). The van der Waals surface area contributed by atoms with E-state index in [1.807, 2.05) is 6.07 Å². The van der Waals surface area contributed by atoms with Crippen LogP contribution in [0.5, 0.6) is 0 Å². The molecule has 0 fully saturated rings. The molecule has 3 heteroatoms. The smallest absolute Gasteiger partial charge is 0.220 e. The van der Waals surface area contributed by atoms with Crippen molar-refractivity contribution < 1.29 is 4.79 Å². The van der Waals surface area contributed by atoms with Crippen LogP contribution >= 0.6 is 0 Å². The van der Waals surface area contributed by atoms with Crippen molar-refractivity contribution in [3.05, 3.63) is 35.4 Å². The van der Waals surface area contributed by atoms with Crippen LogP contribution in [0.1, 0.15) is 44.2 Å². The van der Waals surface area contributed by atoms with E-state index in [2.05, 4.69) is 44.3 Å². The zero-order valence-electron chi connectivity index (χ0n) is 12.3. The standard InChI is InChI=1S/C16H26N2O/c1-4-16(17,5-2)12-18-15(19)10-9-14-8-6-7-13(3)11-14/h6-8,11H,4-5,9-10,12,17H2,1-3H3,(H,18,19). The molecule has 0 aliphatic heterocycles. The molecular formula is C16H26N2O. The number of nitrogens with one attached hydrogen (secondary N) is 1. The SMILES string of the molecule is CCC(N)(CC)CNC(=O)CCc1cccc(C)c1. The van der Waals surface area contributed by atoms with E-state index in [0.29, 0.717) is 13.0 Å². The number of carbonyl (C=O) groups excluding carboxylic acids is 1. The molecule has 1 aromatic carbocycles. The van der Waals surface area contributed by atoms with Crippen molar-refractivity contribution in [1.29, 1.82) is 0 Å². The molecular weight excluding hydrogens is 236 g/mol. The Morgan fingerprint density at radius 2 is 2.00 bits per heavy atom. The van der Waals surface area contributed by atoms with Gasteiger partial charge >= 0.3 is 0 Å². The Kier molecular flexibility index (Phi) is 6.03. The second kappa shape index (κ2) is 7.29. The van der Waals surface area contributed by atoms with Crippen molar-refractivity contribution in [1.82, 2.24) is 5.32 Å². The van der Waals surface area contributed by atoms with Crippen LogP contribution in [0.2, 0.25) is 0 Å². The number of hydrogen-bond donors (Lipinski definition) is 2. The summed E-state index contributed by atoms with van der Waals surface area (Å²) in [6.45, 7) is 6.74. The van der Waals surface area contributed by atoms with Crippen molar-refractivity contribution in [2.75, 3.05) is 6.54 Å². The molecule has 3 nitrogen and oxygen atoms in total. The Labute approximate surface area is 116 Å². The maximum atomic E-state index is 11.8. The van der Waals surface area contributed by atoms with Gasteiger partial charge in [0.25, 0.3) is 0 Å². The lowest BCUT2D eigenvalue weighted by Gasteiger charge is -2.26. The molecule has 0 saturated carbocycles. The van der Waals surface area contributed by atoms with Crippen molar-refractivity contribution in [2.45, 2.75) is 52.0 Å². The van der Waals surface area contributed by atoms with Crippen molar-refractivity contribution >= 4 is 5.91 Å². The molecule has 3 N–H and O–H groups in total. The van der Waals surface area contributed by atoms with E-state index < -0.39 is 0 Å². The molecule has 0 unspecified atom stereocenters. The Balaban J connectivity index is 2.36. The number of nitrogens with two attached hydrogens (primary N) is 1. The highest BCUT2D eigenvalue weighted by Gasteiger charge is 2.20. The predicted octanol–water partition coefficient (Wildman–Crippen LogP) is 2.56. The molecule has 106 valence electrons. The minimum absolute atomic E-state index is 0.0817. The second-order valence-electron chi connectivity index (χ2n) is 5.34. The average molecular weight is 262 g/mol. The number of hydrogen-bond acceptors (Lipinski definition) is 2. The molecule has 1 amide bonds. The first-order valence-electron chi connectivity index (χ1n) is 7.10. The van der Waals surface area contributed by atoms with E-state index in [0.717, 1.165) is 19.3 Å². The predicted molar refractivity (Wildman–Crippen MR) is 80.0 cm³/mol. The number of benzene rings is 1. The summed E-state index contributed by atoms with van der Waals surface area (Å²) in [5.41, 5.74) is 8.33. The van der Waals surface area contributed by atoms with Gasteiger partial charge < -0.3 is 11.1 Å². The summed E-state index contributed by atoms with van der Waals surface area (Å²) in [4.78, 5) is 11.8. The quantitative estimate of drug-likeness (QED) is 0.793. The third-order valence-electron chi connectivity index (χ3n) is 3.77. The summed E-state index contributed by atoms with van der Waals surface area (Å²) in [6, 6.07) is 8.28. The molecule has 19 heavy (non-hydrogen) atoms. The molecule has 0 aromatic heterocycles. The summed E-state index contributed by atoms with van der Waals surface area (Å²) < 4.78 is 0. The highest BCUT2D eigenvalue weighted by atomic mass is 16.1. The van der Waals surface area contributed by atoms with Gasteiger partial charge in [-0.25, -0.2) is 0 Å². The van der Waals surface area contributed by atoms with E-state index in [1.165, 1.54) is 11.1 Å². The summed E-state index contributed by atoms with van der Waals surface area (Å²) >= 11 is 0. The van der Waals surface area contributed by atoms with Crippen LogP contribution in [-0.2, 0) is 11.2 Å². The van der Waals surface area contributed by atoms with Crippen LogP contribution in [0.4, 0.5) is 0 Å². The topological polar surface area (TPSA) is 55.1 Å². The van der Waals surface area contributed by atoms with Crippen LogP contribution in [0, 0.1) is 6.92 Å². The molecule has 0 bridgehead atoms. The van der Waals surface area contributed by atoms with Crippen molar-refractivity contribution in [2.24, 2.45) is 5.73 Å². The van der Waals surface area contributed by atoms with Gasteiger partial charge in [0.2, 0.25) is 5.91 Å². The minimum atomic E-state index is -0.265. The highest BCUT2D eigenvalue weighted by Crippen LogP contribution is 2.10. The Morgan fingerprint density at radius 3 is 2.58 bits per heavy atom. The van der Waals surface area contributed by atoms with E-state index in [9.17, 15) is 4.79 Å². The third-order valence-corrected chi connectivity index (χ3v) is 3.77. The van der Waals surface area contributed by atoms with E-state index in [1.54, 1.807) is 0 Å². The van der Waals surface area contributed by atoms with Gasteiger partial charge in [0.1, 0.15) is 0 Å². The van der Waals surface area contributed by atoms with E-state index in [4.69, 9.17) is 5.73 Å². The van der Waals surface area contributed by atoms with Gasteiger partial charge in [0.15, 0.2) is 0 Å². The molecule has 0 aliphatic carbocycles. The number of carbonyl (C=O) groups is 1. The van der Waals surface area contributed by atoms with Gasteiger partial charge in [-0.1, -0.05) is 43.7 Å². The van der Waals surface area contributed by atoms with E-state index in [-0.39, 0.29) is 11.4 Å². The number of rotatable bonds is 7. The zero-order chi connectivity index (χ0) is 14.3. The van der Waals surface area contributed by atoms with Gasteiger partial charge in [-0.2, -0.15) is 0 Å². The molecule has 0 heterocycles. The summed E-state index contributed by atoms with van der Waals surface area (Å²) in [7, 11) is 0. The molecule has 0 radical (unpaired) electrons. The fourth-order valence-corrected chi connectivity index (χ4v) is 1.99. The van der Waals surface area contributed by atoms with Crippen LogP contribution < -0.4 is 11.1 Å². The van der Waals surface area contributed by atoms with Crippen LogP contribution in [0.25, 0.3) is 0 Å². The van der Waals surface area contributed by atoms with Gasteiger partial charge in [0.05, 0.1) is 0 Å². The lowest BCUT2D eigenvalue weighted by atomic mass is 9.94. The maximum absolute atomic E-state index is 11.8. The van der Waals surface area contributed by atoms with Gasteiger partial charge in [-0.15, -0.1) is 0 Å². The Hall–Kier alpha value is -1.35. The second-order valence-corrected chi connectivity index (χ2v) is 5.34. The van der Waals surface area contributed by atoms with E-state index >= 15 is 0 Å². The summed E-state index contributed by atoms with van der Waals surface area (Å²) in [6.07, 6.45) is 3.06. The fraction of sp³-hybridized carbons (Fsp3) is 0.562. The van der Waals surface area contributed by atoms with Gasteiger partial charge in [0, 0.05) is 18.5 Å². The van der Waals surface area contributed by atoms with Crippen LogP contribution in [-0.4, -0.2) is 18.0 Å². The number of amides is 1. The molecule has 0 aliphatic rings. The lowest BCUT2D eigenvalue weighted by molar-refractivity contribution is -0.121. The molecule has 0 spiro atoms. The van der Waals surface area contributed by atoms with Gasteiger partial charge in [-0.05, 0) is 31.7 Å². The molecule has 0 saturated heterocycles.